The van der Waals surface area contributed by atoms with Crippen molar-refractivity contribution < 1.29 is 4.74 Å². The van der Waals surface area contributed by atoms with E-state index in [0.29, 0.717) is 17.7 Å². The van der Waals surface area contributed by atoms with E-state index in [1.165, 1.54) is 11.7 Å². The van der Waals surface area contributed by atoms with Gasteiger partial charge in [-0.3, -0.25) is 9.13 Å². The van der Waals surface area contributed by atoms with E-state index in [-0.39, 0.29) is 11.7 Å². The number of rotatable bonds is 3. The first-order valence-corrected chi connectivity index (χ1v) is 7.54. The van der Waals surface area contributed by atoms with E-state index in [4.69, 9.17) is 4.74 Å². The molecule has 0 atom stereocenters. The summed E-state index contributed by atoms with van der Waals surface area (Å²) in [5.74, 6) is 6.51. The Balaban J connectivity index is 2.27. The Morgan fingerprint density at radius 2 is 2.04 bits per heavy atom. The SMILES string of the molecule is CC#CCn1c(=O)n(C)c2nc(OC)nc(N3CCNCC3)c21. The van der Waals surface area contributed by atoms with E-state index in [9.17, 15) is 4.79 Å². The number of nitrogens with one attached hydrogen (secondary N) is 1. The topological polar surface area (TPSA) is 77.2 Å². The van der Waals surface area contributed by atoms with Gasteiger partial charge >= 0.3 is 11.7 Å². The summed E-state index contributed by atoms with van der Waals surface area (Å²) in [4.78, 5) is 23.6. The first-order chi connectivity index (χ1) is 11.2. The maximum absolute atomic E-state index is 12.5. The number of aromatic nitrogens is 4. The van der Waals surface area contributed by atoms with Crippen LogP contribution in [0.2, 0.25) is 0 Å². The minimum Gasteiger partial charge on any atom is -0.467 e. The number of hydrogen-bond donors (Lipinski definition) is 1. The number of fused-ring (bicyclic) bond motifs is 1. The molecule has 3 heterocycles. The molecule has 0 amide bonds. The lowest BCUT2D eigenvalue weighted by molar-refractivity contribution is 0.381. The van der Waals surface area contributed by atoms with Gasteiger partial charge < -0.3 is 15.0 Å². The molecule has 2 aromatic heterocycles. The summed E-state index contributed by atoms with van der Waals surface area (Å²) < 4.78 is 8.37. The average Bonchev–Trinajstić information content (AvgIpc) is 2.84. The van der Waals surface area contributed by atoms with Crippen molar-refractivity contribution in [3.63, 3.8) is 0 Å². The molecular weight excluding hydrogens is 296 g/mol. The molecule has 122 valence electrons. The summed E-state index contributed by atoms with van der Waals surface area (Å²) in [5.41, 5.74) is 1.12. The number of aryl methyl sites for hydroxylation is 1. The van der Waals surface area contributed by atoms with E-state index in [1.54, 1.807) is 18.5 Å². The Labute approximate surface area is 134 Å². The normalized spacial score (nSPS) is 14.7. The Bertz CT molecular complexity index is 835. The summed E-state index contributed by atoms with van der Waals surface area (Å²) >= 11 is 0. The molecule has 0 aromatic carbocycles. The number of imidazole rings is 1. The Morgan fingerprint density at radius 1 is 1.30 bits per heavy atom. The number of anilines is 1. The van der Waals surface area contributed by atoms with Crippen molar-refractivity contribution in [2.24, 2.45) is 7.05 Å². The van der Waals surface area contributed by atoms with E-state index < -0.39 is 0 Å². The quantitative estimate of drug-likeness (QED) is 0.775. The highest BCUT2D eigenvalue weighted by Gasteiger charge is 2.23. The van der Waals surface area contributed by atoms with Crippen LogP contribution in [0.1, 0.15) is 6.92 Å². The predicted molar refractivity (Wildman–Crippen MR) is 87.9 cm³/mol. The number of hydrogen-bond acceptors (Lipinski definition) is 6. The zero-order chi connectivity index (χ0) is 16.4. The van der Waals surface area contributed by atoms with Gasteiger partial charge in [0.15, 0.2) is 11.5 Å². The molecule has 0 spiro atoms. The van der Waals surface area contributed by atoms with Crippen molar-refractivity contribution >= 4 is 17.0 Å². The van der Waals surface area contributed by atoms with Gasteiger partial charge in [0.1, 0.15) is 5.52 Å². The highest BCUT2D eigenvalue weighted by atomic mass is 16.5. The second kappa shape index (κ2) is 6.30. The van der Waals surface area contributed by atoms with Crippen LogP contribution in [-0.4, -0.2) is 52.4 Å². The molecule has 8 nitrogen and oxygen atoms in total. The van der Waals surface area contributed by atoms with Crippen molar-refractivity contribution in [2.75, 3.05) is 38.2 Å². The molecule has 1 fully saturated rings. The third kappa shape index (κ3) is 2.64. The average molecular weight is 316 g/mol. The molecule has 1 N–H and O–H groups in total. The largest absolute Gasteiger partial charge is 0.467 e. The van der Waals surface area contributed by atoms with Gasteiger partial charge in [-0.05, 0) is 6.92 Å². The van der Waals surface area contributed by atoms with Crippen LogP contribution in [0, 0.1) is 11.8 Å². The van der Waals surface area contributed by atoms with Crippen molar-refractivity contribution in [3.05, 3.63) is 10.5 Å². The second-order valence-corrected chi connectivity index (χ2v) is 5.30. The first-order valence-electron chi connectivity index (χ1n) is 7.54. The van der Waals surface area contributed by atoms with Gasteiger partial charge in [0.05, 0.1) is 13.7 Å². The maximum Gasteiger partial charge on any atom is 0.331 e. The zero-order valence-corrected chi connectivity index (χ0v) is 13.6. The monoisotopic (exact) mass is 316 g/mol. The predicted octanol–water partition coefficient (Wildman–Crippen LogP) is -0.428. The van der Waals surface area contributed by atoms with Gasteiger partial charge in [-0.15, -0.1) is 5.92 Å². The summed E-state index contributed by atoms with van der Waals surface area (Å²) in [6.45, 7) is 5.46. The molecule has 0 bridgehead atoms. The van der Waals surface area contributed by atoms with Crippen LogP contribution in [0.4, 0.5) is 5.82 Å². The molecule has 1 saturated heterocycles. The second-order valence-electron chi connectivity index (χ2n) is 5.30. The van der Waals surface area contributed by atoms with Crippen LogP contribution < -0.4 is 20.6 Å². The van der Waals surface area contributed by atoms with Crippen molar-refractivity contribution in [1.29, 1.82) is 0 Å². The smallest absolute Gasteiger partial charge is 0.331 e. The summed E-state index contributed by atoms with van der Waals surface area (Å²) in [6.07, 6.45) is 0. The summed E-state index contributed by atoms with van der Waals surface area (Å²) in [6, 6.07) is 0.264. The first kappa shape index (κ1) is 15.4. The van der Waals surface area contributed by atoms with Crippen LogP contribution in [0.15, 0.2) is 4.79 Å². The van der Waals surface area contributed by atoms with Crippen molar-refractivity contribution in [3.8, 4) is 17.9 Å². The molecule has 0 saturated carbocycles. The highest BCUT2D eigenvalue weighted by molar-refractivity contribution is 5.85. The Morgan fingerprint density at radius 3 is 2.70 bits per heavy atom. The van der Waals surface area contributed by atoms with Crippen LogP contribution in [-0.2, 0) is 13.6 Å². The fourth-order valence-electron chi connectivity index (χ4n) is 2.75. The van der Waals surface area contributed by atoms with Gasteiger partial charge in [0, 0.05) is 33.2 Å². The van der Waals surface area contributed by atoms with E-state index in [0.717, 1.165) is 32.0 Å². The molecule has 8 heteroatoms. The molecule has 1 aliphatic rings. The maximum atomic E-state index is 12.5. The van der Waals surface area contributed by atoms with Crippen molar-refractivity contribution in [1.82, 2.24) is 24.4 Å². The molecular formula is C15H20N6O2. The zero-order valence-electron chi connectivity index (χ0n) is 13.6. The number of piperazine rings is 1. The molecule has 3 rings (SSSR count). The lowest BCUT2D eigenvalue weighted by atomic mass is 10.3. The summed E-state index contributed by atoms with van der Waals surface area (Å²) in [5, 5.41) is 3.31. The lowest BCUT2D eigenvalue weighted by Crippen LogP contribution is -2.44. The van der Waals surface area contributed by atoms with Gasteiger partial charge in [0.25, 0.3) is 0 Å². The molecule has 0 aliphatic carbocycles. The van der Waals surface area contributed by atoms with E-state index >= 15 is 0 Å². The third-order valence-corrected chi connectivity index (χ3v) is 3.95. The lowest BCUT2D eigenvalue weighted by Gasteiger charge is -2.29. The molecule has 2 aromatic rings. The van der Waals surface area contributed by atoms with Crippen LogP contribution >= 0.6 is 0 Å². The number of ether oxygens (including phenoxy) is 1. The Kier molecular flexibility index (Phi) is 4.21. The minimum absolute atomic E-state index is 0.151. The molecule has 1 aliphatic heterocycles. The van der Waals surface area contributed by atoms with Gasteiger partial charge in [-0.25, -0.2) is 4.79 Å². The molecule has 0 unspecified atom stereocenters. The van der Waals surface area contributed by atoms with E-state index in [1.807, 2.05) is 0 Å². The fraction of sp³-hybridized carbons (Fsp3) is 0.533. The van der Waals surface area contributed by atoms with Gasteiger partial charge in [0.2, 0.25) is 0 Å². The number of methoxy groups -OCH3 is 1. The molecule has 23 heavy (non-hydrogen) atoms. The molecule has 0 radical (unpaired) electrons. The van der Waals surface area contributed by atoms with Crippen molar-refractivity contribution in [2.45, 2.75) is 13.5 Å². The summed E-state index contributed by atoms with van der Waals surface area (Å²) in [7, 11) is 3.23. The number of nitrogens with zero attached hydrogens (tertiary/aromatic N) is 5. The van der Waals surface area contributed by atoms with Gasteiger partial charge in [-0.1, -0.05) is 5.92 Å². The van der Waals surface area contributed by atoms with Crippen LogP contribution in [0.25, 0.3) is 11.2 Å². The minimum atomic E-state index is -0.151. The van der Waals surface area contributed by atoms with Gasteiger partial charge in [-0.2, -0.15) is 9.97 Å². The van der Waals surface area contributed by atoms with E-state index in [2.05, 4.69) is 32.0 Å². The third-order valence-electron chi connectivity index (χ3n) is 3.95. The standard InChI is InChI=1S/C15H20N6O2/c1-4-5-8-21-11-12(19(2)15(21)22)17-14(23-3)18-13(11)20-9-6-16-7-10-20/h16H,6-10H2,1-3H3. The highest BCUT2D eigenvalue weighted by Crippen LogP contribution is 2.25. The fourth-order valence-corrected chi connectivity index (χ4v) is 2.75. The van der Waals surface area contributed by atoms with Crippen LogP contribution in [0.5, 0.6) is 6.01 Å². The Hall–Kier alpha value is -2.53. The van der Waals surface area contributed by atoms with Crippen LogP contribution in [0.3, 0.4) is 0 Å².